The fraction of sp³-hybridized carbons (Fsp3) is 0.675. The van der Waals surface area contributed by atoms with Crippen LogP contribution in [0.25, 0.3) is 0 Å². The molecule has 1 saturated heterocycles. The average Bonchev–Trinajstić information content (AvgIpc) is 3.09. The zero-order valence-corrected chi connectivity index (χ0v) is 33.0. The summed E-state index contributed by atoms with van der Waals surface area (Å²) in [5, 5.41) is 23.1. The van der Waals surface area contributed by atoms with Crippen molar-refractivity contribution in [1.82, 2.24) is 0 Å². The first kappa shape index (κ1) is 44.9. The van der Waals surface area contributed by atoms with E-state index in [1.807, 2.05) is 66.7 Å². The molecule has 1 fully saturated rings. The molecule has 294 valence electrons. The second-order valence-corrected chi connectivity index (χ2v) is 14.9. The van der Waals surface area contributed by atoms with Gasteiger partial charge in [-0.2, -0.15) is 0 Å². The van der Waals surface area contributed by atoms with Crippen molar-refractivity contribution in [2.45, 2.75) is 118 Å². The molecule has 52 heavy (non-hydrogen) atoms. The van der Waals surface area contributed by atoms with Gasteiger partial charge in [-0.1, -0.05) is 83.9 Å². The Bertz CT molecular complexity index is 1370. The number of cyclic esters (lactones) is 1. The number of nitrogens with two attached hydrogens (primary N) is 1. The van der Waals surface area contributed by atoms with Gasteiger partial charge in [0.15, 0.2) is 5.79 Å². The minimum Gasteiger partial charge on any atom is -0.490 e. The highest BCUT2D eigenvalue weighted by atomic mass is 16.7. The van der Waals surface area contributed by atoms with E-state index in [0.29, 0.717) is 12.0 Å². The smallest absolute Gasteiger partial charge is 0.373 e. The first-order chi connectivity index (χ1) is 24.3. The number of methoxy groups -OCH3 is 3. The average molecular weight is 734 g/mol. The fourth-order valence-corrected chi connectivity index (χ4v) is 7.31. The summed E-state index contributed by atoms with van der Waals surface area (Å²) in [6, 6.07) is 0. The zero-order valence-electron chi connectivity index (χ0n) is 33.0. The Labute approximate surface area is 310 Å². The van der Waals surface area contributed by atoms with Gasteiger partial charge in [-0.15, -0.1) is 0 Å². The number of ether oxygens (including phenoxy) is 6. The highest BCUT2D eigenvalue weighted by Crippen LogP contribution is 2.44. The lowest BCUT2D eigenvalue weighted by Crippen LogP contribution is -2.60. The second-order valence-electron chi connectivity index (χ2n) is 14.9. The van der Waals surface area contributed by atoms with Crippen LogP contribution in [0.1, 0.15) is 75.2 Å². The molecule has 2 aliphatic rings. The third kappa shape index (κ3) is 11.9. The molecule has 1 amide bonds. The first-order valence-corrected chi connectivity index (χ1v) is 18.1. The van der Waals surface area contributed by atoms with E-state index in [2.05, 4.69) is 0 Å². The van der Waals surface area contributed by atoms with Crippen LogP contribution in [-0.4, -0.2) is 91.8 Å². The minimum atomic E-state index is -1.43. The van der Waals surface area contributed by atoms with Crippen LogP contribution in [0.2, 0.25) is 0 Å². The molecule has 0 aromatic heterocycles. The number of amides is 1. The Morgan fingerprint density at radius 1 is 1.06 bits per heavy atom. The van der Waals surface area contributed by atoms with Gasteiger partial charge in [-0.05, 0) is 38.2 Å². The molecule has 12 heteroatoms. The molecule has 0 radical (unpaired) electrons. The van der Waals surface area contributed by atoms with Crippen LogP contribution in [0.3, 0.4) is 0 Å². The third-order valence-corrected chi connectivity index (χ3v) is 10.4. The number of carbonyl (C=O) groups is 3. The highest BCUT2D eigenvalue weighted by Gasteiger charge is 2.54. The Kier molecular flexibility index (Phi) is 17.5. The molecule has 0 saturated carbocycles. The van der Waals surface area contributed by atoms with Crippen molar-refractivity contribution in [2.24, 2.45) is 41.2 Å². The number of esters is 2. The highest BCUT2D eigenvalue weighted by molar-refractivity contribution is 5.93. The van der Waals surface area contributed by atoms with Gasteiger partial charge in [0.25, 0.3) is 0 Å². The lowest BCUT2D eigenvalue weighted by molar-refractivity contribution is -0.339. The van der Waals surface area contributed by atoms with Gasteiger partial charge in [-0.3, -0.25) is 4.79 Å². The first-order valence-electron chi connectivity index (χ1n) is 18.1. The fourth-order valence-electron chi connectivity index (χ4n) is 7.31. The van der Waals surface area contributed by atoms with Crippen molar-refractivity contribution < 1.29 is 53.0 Å². The summed E-state index contributed by atoms with van der Waals surface area (Å²) in [6.45, 7) is 17.1. The second kappa shape index (κ2) is 20.2. The summed E-state index contributed by atoms with van der Waals surface area (Å²) in [5.74, 6) is -5.76. The molecule has 0 aliphatic carbocycles. The summed E-state index contributed by atoms with van der Waals surface area (Å²) in [5.41, 5.74) is 6.92. The molecule has 2 rings (SSSR count). The van der Waals surface area contributed by atoms with Crippen molar-refractivity contribution in [2.75, 3.05) is 21.3 Å². The van der Waals surface area contributed by atoms with Crippen molar-refractivity contribution in [3.05, 3.63) is 59.4 Å². The van der Waals surface area contributed by atoms with Crippen LogP contribution < -0.4 is 5.73 Å². The predicted molar refractivity (Wildman–Crippen MR) is 197 cm³/mol. The van der Waals surface area contributed by atoms with Crippen LogP contribution in [0.5, 0.6) is 0 Å². The lowest BCUT2D eigenvalue weighted by atomic mass is 9.76. The van der Waals surface area contributed by atoms with Gasteiger partial charge < -0.3 is 44.4 Å². The van der Waals surface area contributed by atoms with Crippen LogP contribution >= 0.6 is 0 Å². The molecule has 0 unspecified atom stereocenters. The number of hydrogen-bond acceptors (Lipinski definition) is 11. The van der Waals surface area contributed by atoms with Gasteiger partial charge in [0, 0.05) is 56.5 Å². The number of primary amides is 1. The third-order valence-electron chi connectivity index (χ3n) is 10.4. The van der Waals surface area contributed by atoms with Crippen LogP contribution in [0.15, 0.2) is 59.4 Å². The van der Waals surface area contributed by atoms with Crippen molar-refractivity contribution in [3.8, 4) is 0 Å². The van der Waals surface area contributed by atoms with E-state index >= 15 is 0 Å². The molecule has 0 spiro atoms. The number of aliphatic hydroxyl groups is 2. The molecule has 0 aromatic carbocycles. The molecule has 2 aliphatic heterocycles. The predicted octanol–water partition coefficient (Wildman–Crippen LogP) is 4.94. The van der Waals surface area contributed by atoms with Gasteiger partial charge >= 0.3 is 11.9 Å². The molecule has 12 atom stereocenters. The number of allylic oxidation sites excluding steroid dienone is 5. The van der Waals surface area contributed by atoms with E-state index in [-0.39, 0.29) is 35.9 Å². The molecular weight excluding hydrogens is 670 g/mol. The number of hydrogen-bond donors (Lipinski definition) is 3. The van der Waals surface area contributed by atoms with Crippen LogP contribution in [0.4, 0.5) is 0 Å². The summed E-state index contributed by atoms with van der Waals surface area (Å²) < 4.78 is 36.0. The van der Waals surface area contributed by atoms with E-state index in [1.54, 1.807) is 26.0 Å². The normalized spacial score (nSPS) is 36.6. The summed E-state index contributed by atoms with van der Waals surface area (Å²) in [7, 11) is 4.34. The van der Waals surface area contributed by atoms with Crippen molar-refractivity contribution in [1.29, 1.82) is 0 Å². The minimum absolute atomic E-state index is 0.0199. The Balaban J connectivity index is 2.59. The van der Waals surface area contributed by atoms with E-state index in [0.717, 1.165) is 17.7 Å². The Hall–Kier alpha value is -3.29. The largest absolute Gasteiger partial charge is 0.490 e. The maximum atomic E-state index is 13.7. The van der Waals surface area contributed by atoms with Gasteiger partial charge in [-0.25, -0.2) is 9.59 Å². The Morgan fingerprint density at radius 2 is 1.71 bits per heavy atom. The van der Waals surface area contributed by atoms with E-state index < -0.39 is 72.1 Å². The maximum absolute atomic E-state index is 13.7. The SMILES string of the molecule is CO/C1=C\C(C)=C\[C@@H](C)[C@@H](O)[C@@H](C)C/C(C)=C/C=C/[C@H](OC)[C@@H]([C@@H](C)[C@@H](O)[C@H](C)[C@@]2(OC)C[C@@H](OC(=O)/C=C/C(N)=O)[C@H](C)[C@@H](C(C)C)O2)OC1=O. The monoisotopic (exact) mass is 733 g/mol. The number of rotatable bonds is 11. The molecule has 0 aromatic rings. The van der Waals surface area contributed by atoms with E-state index in [1.165, 1.54) is 21.3 Å². The van der Waals surface area contributed by atoms with Crippen molar-refractivity contribution >= 4 is 17.8 Å². The quantitative estimate of drug-likeness (QED) is 0.194. The molecule has 4 N–H and O–H groups in total. The maximum Gasteiger partial charge on any atom is 0.373 e. The van der Waals surface area contributed by atoms with E-state index in [4.69, 9.17) is 34.2 Å². The summed E-state index contributed by atoms with van der Waals surface area (Å²) in [4.78, 5) is 37.6. The zero-order chi connectivity index (χ0) is 39.5. The molecule has 12 nitrogen and oxygen atoms in total. The van der Waals surface area contributed by atoms with Crippen LogP contribution in [0, 0.1) is 35.5 Å². The topological polar surface area (TPSA) is 173 Å². The number of aliphatic hydroxyl groups excluding tert-OH is 2. The number of carbonyl (C=O) groups excluding carboxylic acids is 3. The summed E-state index contributed by atoms with van der Waals surface area (Å²) in [6.07, 6.45) is 6.88. The van der Waals surface area contributed by atoms with Crippen LogP contribution in [-0.2, 0) is 42.8 Å². The molecule has 0 bridgehead atoms. The van der Waals surface area contributed by atoms with E-state index in [9.17, 15) is 24.6 Å². The Morgan fingerprint density at radius 3 is 2.27 bits per heavy atom. The van der Waals surface area contributed by atoms with Gasteiger partial charge in [0.1, 0.15) is 18.3 Å². The lowest BCUT2D eigenvalue weighted by Gasteiger charge is -2.51. The van der Waals surface area contributed by atoms with Crippen molar-refractivity contribution in [3.63, 3.8) is 0 Å². The molecule has 2 heterocycles. The van der Waals surface area contributed by atoms with Gasteiger partial charge in [0.2, 0.25) is 11.7 Å². The summed E-state index contributed by atoms with van der Waals surface area (Å²) >= 11 is 0. The van der Waals surface area contributed by atoms with Gasteiger partial charge in [0.05, 0.1) is 25.4 Å². The standard InChI is InChI=1S/C40H63NO11/c1-22(2)37-27(7)32(50-34(43)17-16-33(41)42)21-40(49-12,52-37)29(9)36(45)28(8)38-30(47-10)15-13-14-23(3)18-25(5)35(44)26(6)19-24(4)20-31(48-11)39(46)51-38/h13-17,19-20,22,25-30,32,35-38,44-45H,18,21H2,1-12H3,(H2,41,42)/b15-13+,17-16+,23-14+,24-19+,31-20-/t25-,26+,27-,28-,29-,30-,32+,35-,36+,37+,38+,40+/m0/s1. The molecular formula is C40H63NO11.